The van der Waals surface area contributed by atoms with Gasteiger partial charge in [-0.15, -0.1) is 0 Å². The molecular weight excluding hydrogens is 188 g/mol. The second-order valence-corrected chi connectivity index (χ2v) is 4.25. The van der Waals surface area contributed by atoms with E-state index in [1.165, 1.54) is 11.1 Å². The molecule has 0 spiro atoms. The van der Waals surface area contributed by atoms with Crippen molar-refractivity contribution in [3.63, 3.8) is 0 Å². The zero-order chi connectivity index (χ0) is 11.0. The van der Waals surface area contributed by atoms with Gasteiger partial charge >= 0.3 is 0 Å². The average molecular weight is 204 g/mol. The van der Waals surface area contributed by atoms with Gasteiger partial charge in [0.05, 0.1) is 17.3 Å². The summed E-state index contributed by atoms with van der Waals surface area (Å²) >= 11 is 0. The van der Waals surface area contributed by atoms with Crippen molar-refractivity contribution in [2.75, 3.05) is 17.2 Å². The van der Waals surface area contributed by atoms with Crippen molar-refractivity contribution in [1.29, 1.82) is 0 Å². The first-order valence-corrected chi connectivity index (χ1v) is 5.24. The maximum atomic E-state index is 11.6. The smallest absolute Gasteiger partial charge is 0.229 e. The maximum Gasteiger partial charge on any atom is 0.229 e. The quantitative estimate of drug-likeness (QED) is 0.681. The second kappa shape index (κ2) is 3.57. The van der Waals surface area contributed by atoms with Crippen LogP contribution in [0.4, 0.5) is 11.4 Å². The Kier molecular flexibility index (Phi) is 2.39. The lowest BCUT2D eigenvalue weighted by Crippen LogP contribution is -2.22. The number of fused-ring (bicyclic) bond motifs is 1. The molecule has 3 nitrogen and oxygen atoms in total. The van der Waals surface area contributed by atoms with Crippen LogP contribution < -0.4 is 10.6 Å². The Morgan fingerprint density at radius 2 is 1.80 bits per heavy atom. The van der Waals surface area contributed by atoms with Crippen LogP contribution in [0.15, 0.2) is 12.1 Å². The van der Waals surface area contributed by atoms with Crippen molar-refractivity contribution in [2.24, 2.45) is 5.92 Å². The molecule has 0 bridgehead atoms. The zero-order valence-corrected chi connectivity index (χ0v) is 9.35. The van der Waals surface area contributed by atoms with Gasteiger partial charge in [0.15, 0.2) is 0 Å². The van der Waals surface area contributed by atoms with Crippen LogP contribution >= 0.6 is 0 Å². The van der Waals surface area contributed by atoms with E-state index in [1.54, 1.807) is 0 Å². The highest BCUT2D eigenvalue weighted by atomic mass is 16.1. The van der Waals surface area contributed by atoms with E-state index in [0.717, 1.165) is 11.4 Å². The first-order valence-electron chi connectivity index (χ1n) is 5.24. The minimum atomic E-state index is 0.0120. The van der Waals surface area contributed by atoms with E-state index in [1.807, 2.05) is 13.0 Å². The van der Waals surface area contributed by atoms with Crippen molar-refractivity contribution in [1.82, 2.24) is 0 Å². The van der Waals surface area contributed by atoms with E-state index in [9.17, 15) is 4.79 Å². The highest BCUT2D eigenvalue weighted by Crippen LogP contribution is 2.28. The van der Waals surface area contributed by atoms with Gasteiger partial charge in [-0.25, -0.2) is 0 Å². The van der Waals surface area contributed by atoms with Crippen molar-refractivity contribution < 1.29 is 4.79 Å². The Balaban J connectivity index is 2.43. The number of carbonyl (C=O) groups is 1. The Hall–Kier alpha value is -1.51. The number of benzene rings is 1. The van der Waals surface area contributed by atoms with Crippen LogP contribution in [-0.4, -0.2) is 12.5 Å². The molecule has 3 heteroatoms. The number of hydrogen-bond donors (Lipinski definition) is 2. The van der Waals surface area contributed by atoms with Crippen molar-refractivity contribution in [3.8, 4) is 0 Å². The molecule has 1 aliphatic heterocycles. The van der Waals surface area contributed by atoms with Gasteiger partial charge in [-0.3, -0.25) is 4.79 Å². The van der Waals surface area contributed by atoms with E-state index in [-0.39, 0.29) is 11.8 Å². The molecule has 1 aromatic carbocycles. The normalized spacial score (nSPS) is 19.9. The molecule has 0 fully saturated rings. The van der Waals surface area contributed by atoms with Gasteiger partial charge in [0.25, 0.3) is 0 Å². The summed E-state index contributed by atoms with van der Waals surface area (Å²) in [6, 6.07) is 4.11. The zero-order valence-electron chi connectivity index (χ0n) is 9.35. The number of aryl methyl sites for hydroxylation is 2. The predicted octanol–water partition coefficient (Wildman–Crippen LogP) is 2.30. The van der Waals surface area contributed by atoms with E-state index < -0.39 is 0 Å². The third kappa shape index (κ3) is 1.82. The highest BCUT2D eigenvalue weighted by Gasteiger charge is 2.19. The first-order chi connectivity index (χ1) is 7.08. The molecule has 2 rings (SSSR count). The fourth-order valence-corrected chi connectivity index (χ4v) is 1.68. The van der Waals surface area contributed by atoms with Crippen LogP contribution in [0, 0.1) is 19.8 Å². The summed E-state index contributed by atoms with van der Waals surface area (Å²) in [5, 5.41) is 6.23. The third-order valence-electron chi connectivity index (χ3n) is 2.94. The SMILES string of the molecule is Cc1cc2c(cc1C)NC(=O)[C@H](C)CN2. The van der Waals surface area contributed by atoms with Crippen LogP contribution in [0.25, 0.3) is 0 Å². The maximum absolute atomic E-state index is 11.6. The summed E-state index contributed by atoms with van der Waals surface area (Å²) < 4.78 is 0. The van der Waals surface area contributed by atoms with E-state index in [2.05, 4.69) is 30.5 Å². The lowest BCUT2D eigenvalue weighted by molar-refractivity contribution is -0.118. The minimum absolute atomic E-state index is 0.0120. The van der Waals surface area contributed by atoms with Crippen LogP contribution in [0.5, 0.6) is 0 Å². The van der Waals surface area contributed by atoms with E-state index in [4.69, 9.17) is 0 Å². The molecule has 0 saturated heterocycles. The third-order valence-corrected chi connectivity index (χ3v) is 2.94. The number of nitrogens with one attached hydrogen (secondary N) is 2. The molecule has 0 aliphatic carbocycles. The van der Waals surface area contributed by atoms with Crippen molar-refractivity contribution in [2.45, 2.75) is 20.8 Å². The van der Waals surface area contributed by atoms with Gasteiger partial charge in [0, 0.05) is 6.54 Å². The monoisotopic (exact) mass is 204 g/mol. The topological polar surface area (TPSA) is 41.1 Å². The van der Waals surface area contributed by atoms with Gasteiger partial charge in [0.2, 0.25) is 5.91 Å². The molecule has 1 heterocycles. The predicted molar refractivity (Wildman–Crippen MR) is 62.2 cm³/mol. The summed E-state index contributed by atoms with van der Waals surface area (Å²) in [5.74, 6) is 0.0996. The van der Waals surface area contributed by atoms with Gasteiger partial charge < -0.3 is 10.6 Å². The summed E-state index contributed by atoms with van der Waals surface area (Å²) in [4.78, 5) is 11.6. The molecule has 2 N–H and O–H groups in total. The largest absolute Gasteiger partial charge is 0.383 e. The molecule has 0 saturated carbocycles. The van der Waals surface area contributed by atoms with Crippen molar-refractivity contribution in [3.05, 3.63) is 23.3 Å². The molecule has 1 aromatic rings. The van der Waals surface area contributed by atoms with Gasteiger partial charge in [-0.1, -0.05) is 6.92 Å². The fraction of sp³-hybridized carbons (Fsp3) is 0.417. The Bertz CT molecular complexity index is 412. The van der Waals surface area contributed by atoms with Gasteiger partial charge in [-0.2, -0.15) is 0 Å². The summed E-state index contributed by atoms with van der Waals surface area (Å²) in [5.41, 5.74) is 4.36. The van der Waals surface area contributed by atoms with Crippen molar-refractivity contribution >= 4 is 17.3 Å². The molecule has 0 aromatic heterocycles. The lowest BCUT2D eigenvalue weighted by Gasteiger charge is -2.10. The lowest BCUT2D eigenvalue weighted by atomic mass is 10.1. The van der Waals surface area contributed by atoms with Gasteiger partial charge in [0.1, 0.15) is 0 Å². The van der Waals surface area contributed by atoms with Crippen LogP contribution in [0.1, 0.15) is 18.1 Å². The minimum Gasteiger partial charge on any atom is -0.383 e. The molecule has 1 amide bonds. The molecular formula is C12H16N2O. The number of anilines is 2. The number of amides is 1. The highest BCUT2D eigenvalue weighted by molar-refractivity contribution is 5.97. The number of carbonyl (C=O) groups excluding carboxylic acids is 1. The number of rotatable bonds is 0. The first kappa shape index (κ1) is 10.0. The second-order valence-electron chi connectivity index (χ2n) is 4.25. The number of hydrogen-bond acceptors (Lipinski definition) is 2. The standard InChI is InChI=1S/C12H16N2O/c1-7-4-10-11(5-8(7)2)14-12(15)9(3)6-13-10/h4-5,9,13H,6H2,1-3H3,(H,14,15)/t9-/m1/s1. The van der Waals surface area contributed by atoms with Crippen LogP contribution in [0.2, 0.25) is 0 Å². The molecule has 15 heavy (non-hydrogen) atoms. The van der Waals surface area contributed by atoms with E-state index >= 15 is 0 Å². The summed E-state index contributed by atoms with van der Waals surface area (Å²) in [6.45, 7) is 6.75. The van der Waals surface area contributed by atoms with Crippen LogP contribution in [0.3, 0.4) is 0 Å². The molecule has 80 valence electrons. The summed E-state index contributed by atoms with van der Waals surface area (Å²) in [7, 11) is 0. The average Bonchev–Trinajstić information content (AvgIpc) is 2.31. The molecule has 1 atom stereocenters. The summed E-state index contributed by atoms with van der Waals surface area (Å²) in [6.07, 6.45) is 0. The van der Waals surface area contributed by atoms with Gasteiger partial charge in [-0.05, 0) is 37.1 Å². The van der Waals surface area contributed by atoms with E-state index in [0.29, 0.717) is 6.54 Å². The Morgan fingerprint density at radius 1 is 1.20 bits per heavy atom. The molecule has 1 aliphatic rings. The van der Waals surface area contributed by atoms with Crippen LogP contribution in [-0.2, 0) is 4.79 Å². The Labute approximate surface area is 89.9 Å². The Morgan fingerprint density at radius 3 is 2.47 bits per heavy atom. The fourth-order valence-electron chi connectivity index (χ4n) is 1.68. The molecule has 0 unspecified atom stereocenters. The molecule has 0 radical (unpaired) electrons.